The van der Waals surface area contributed by atoms with Crippen LogP contribution in [0.5, 0.6) is 5.75 Å². The van der Waals surface area contributed by atoms with Crippen LogP contribution in [0, 0.1) is 0 Å². The van der Waals surface area contributed by atoms with Gasteiger partial charge in [-0.3, -0.25) is 0 Å². The Morgan fingerprint density at radius 3 is 2.28 bits per heavy atom. The Bertz CT molecular complexity index is 1120. The summed E-state index contributed by atoms with van der Waals surface area (Å²) in [6.45, 7) is 8.29. The summed E-state index contributed by atoms with van der Waals surface area (Å²) in [4.78, 5) is 12.8. The first-order chi connectivity index (χ1) is 15.4. The molecule has 0 aliphatic heterocycles. The summed E-state index contributed by atoms with van der Waals surface area (Å²) in [6, 6.07) is 18.7. The van der Waals surface area contributed by atoms with Gasteiger partial charge < -0.3 is 14.2 Å². The van der Waals surface area contributed by atoms with Crippen LogP contribution in [0.1, 0.15) is 55.9 Å². The molecule has 0 aromatic heterocycles. The topological polar surface area (TPSA) is 44.8 Å². The van der Waals surface area contributed by atoms with Crippen molar-refractivity contribution in [1.29, 1.82) is 0 Å². The standard InChI is InChI=1S/C28H32O4/c1-18(2)23-16-24(25(19(3)4)28(29)31-6)22-14-10-13-21(15-20-11-8-7-9-12-20)26(22)27(23)32-17-30-5/h7-14,16,18H,15,17H2,1-6H3. The average molecular weight is 433 g/mol. The lowest BCUT2D eigenvalue weighted by molar-refractivity contribution is -0.133. The zero-order valence-corrected chi connectivity index (χ0v) is 19.8. The van der Waals surface area contributed by atoms with Crippen molar-refractivity contribution in [1.82, 2.24) is 0 Å². The Morgan fingerprint density at radius 1 is 0.969 bits per heavy atom. The van der Waals surface area contributed by atoms with Crippen molar-refractivity contribution in [3.63, 3.8) is 0 Å². The number of benzene rings is 3. The van der Waals surface area contributed by atoms with E-state index in [1.165, 1.54) is 12.7 Å². The summed E-state index contributed by atoms with van der Waals surface area (Å²) < 4.78 is 16.6. The largest absolute Gasteiger partial charge is 0.467 e. The molecule has 0 fully saturated rings. The Balaban J connectivity index is 2.40. The van der Waals surface area contributed by atoms with Gasteiger partial charge in [-0.15, -0.1) is 0 Å². The predicted octanol–water partition coefficient (Wildman–Crippen LogP) is 6.50. The highest BCUT2D eigenvalue weighted by Gasteiger charge is 2.24. The molecular weight excluding hydrogens is 400 g/mol. The van der Waals surface area contributed by atoms with E-state index in [1.54, 1.807) is 7.11 Å². The molecule has 4 heteroatoms. The Morgan fingerprint density at radius 2 is 1.69 bits per heavy atom. The molecule has 0 atom stereocenters. The fourth-order valence-corrected chi connectivity index (χ4v) is 4.09. The molecule has 0 bridgehead atoms. The van der Waals surface area contributed by atoms with E-state index in [9.17, 15) is 4.79 Å². The summed E-state index contributed by atoms with van der Waals surface area (Å²) in [7, 11) is 3.04. The van der Waals surface area contributed by atoms with Gasteiger partial charge in [0.05, 0.1) is 12.7 Å². The van der Waals surface area contributed by atoms with E-state index in [0.29, 0.717) is 5.57 Å². The van der Waals surface area contributed by atoms with Crippen LogP contribution in [0.4, 0.5) is 0 Å². The molecule has 3 rings (SSSR count). The summed E-state index contributed by atoms with van der Waals surface area (Å²) in [5, 5.41) is 1.98. The van der Waals surface area contributed by atoms with Crippen molar-refractivity contribution < 1.29 is 19.0 Å². The van der Waals surface area contributed by atoms with E-state index in [0.717, 1.165) is 45.2 Å². The van der Waals surface area contributed by atoms with E-state index in [2.05, 4.69) is 44.2 Å². The van der Waals surface area contributed by atoms with Crippen LogP contribution < -0.4 is 4.74 Å². The second-order valence-electron chi connectivity index (χ2n) is 8.42. The zero-order valence-electron chi connectivity index (χ0n) is 19.8. The molecule has 0 aliphatic rings. The lowest BCUT2D eigenvalue weighted by Crippen LogP contribution is -2.10. The number of allylic oxidation sites excluding steroid dienone is 1. The number of methoxy groups -OCH3 is 2. The van der Waals surface area contributed by atoms with Gasteiger partial charge in [0.15, 0.2) is 6.79 Å². The van der Waals surface area contributed by atoms with Gasteiger partial charge in [-0.1, -0.05) is 68.0 Å². The van der Waals surface area contributed by atoms with Gasteiger partial charge >= 0.3 is 5.97 Å². The lowest BCUT2D eigenvalue weighted by atomic mass is 9.86. The normalized spacial score (nSPS) is 11.0. The smallest absolute Gasteiger partial charge is 0.338 e. The van der Waals surface area contributed by atoms with Gasteiger partial charge in [-0.2, -0.15) is 0 Å². The van der Waals surface area contributed by atoms with Gasteiger partial charge in [0.1, 0.15) is 5.75 Å². The molecule has 0 unspecified atom stereocenters. The van der Waals surface area contributed by atoms with Gasteiger partial charge in [-0.05, 0) is 59.9 Å². The van der Waals surface area contributed by atoms with E-state index >= 15 is 0 Å². The first kappa shape index (κ1) is 23.6. The van der Waals surface area contributed by atoms with E-state index in [4.69, 9.17) is 14.2 Å². The molecule has 0 amide bonds. The number of carbonyl (C=O) groups is 1. The maximum atomic E-state index is 12.8. The third-order valence-corrected chi connectivity index (χ3v) is 5.57. The Hall–Kier alpha value is -3.11. The average Bonchev–Trinajstić information content (AvgIpc) is 2.78. The van der Waals surface area contributed by atoms with Crippen LogP contribution in [0.2, 0.25) is 0 Å². The van der Waals surface area contributed by atoms with Crippen LogP contribution in [0.25, 0.3) is 16.3 Å². The monoisotopic (exact) mass is 432 g/mol. The van der Waals surface area contributed by atoms with Crippen LogP contribution >= 0.6 is 0 Å². The SMILES string of the molecule is COCOc1c(C(C)C)cc(C(C(=O)OC)=C(C)C)c2cccc(Cc3ccccc3)c12. The van der Waals surface area contributed by atoms with Crippen molar-refractivity contribution in [2.75, 3.05) is 21.0 Å². The number of ether oxygens (including phenoxy) is 3. The predicted molar refractivity (Wildman–Crippen MR) is 130 cm³/mol. The Kier molecular flexibility index (Phi) is 7.70. The fraction of sp³-hybridized carbons (Fsp3) is 0.321. The summed E-state index contributed by atoms with van der Waals surface area (Å²) in [6.07, 6.45) is 0.755. The molecule has 0 saturated carbocycles. The van der Waals surface area contributed by atoms with Crippen LogP contribution in [0.15, 0.2) is 60.2 Å². The van der Waals surface area contributed by atoms with E-state index < -0.39 is 0 Å². The van der Waals surface area contributed by atoms with Crippen LogP contribution in [-0.4, -0.2) is 27.0 Å². The first-order valence-corrected chi connectivity index (χ1v) is 10.9. The molecule has 4 nitrogen and oxygen atoms in total. The number of rotatable bonds is 8. The highest BCUT2D eigenvalue weighted by atomic mass is 16.7. The lowest BCUT2D eigenvalue weighted by Gasteiger charge is -2.22. The van der Waals surface area contributed by atoms with Gasteiger partial charge in [-0.25, -0.2) is 4.79 Å². The summed E-state index contributed by atoms with van der Waals surface area (Å²) in [5.41, 5.74) is 5.76. The van der Waals surface area contributed by atoms with Crippen molar-refractivity contribution in [3.05, 3.63) is 82.4 Å². The zero-order chi connectivity index (χ0) is 23.3. The molecule has 0 radical (unpaired) electrons. The molecule has 0 heterocycles. The molecule has 0 aliphatic carbocycles. The highest BCUT2D eigenvalue weighted by Crippen LogP contribution is 2.42. The van der Waals surface area contributed by atoms with E-state index in [1.807, 2.05) is 38.1 Å². The van der Waals surface area contributed by atoms with Crippen molar-refractivity contribution in [2.45, 2.75) is 40.0 Å². The minimum atomic E-state index is -0.333. The molecule has 3 aromatic carbocycles. The summed E-state index contributed by atoms with van der Waals surface area (Å²) >= 11 is 0. The van der Waals surface area contributed by atoms with Crippen LogP contribution in [0.3, 0.4) is 0 Å². The van der Waals surface area contributed by atoms with Crippen molar-refractivity contribution >= 4 is 22.3 Å². The number of hydrogen-bond donors (Lipinski definition) is 0. The van der Waals surface area contributed by atoms with Gasteiger partial charge in [0.2, 0.25) is 0 Å². The minimum Gasteiger partial charge on any atom is -0.467 e. The second-order valence-corrected chi connectivity index (χ2v) is 8.42. The molecule has 0 saturated heterocycles. The minimum absolute atomic E-state index is 0.153. The number of hydrogen-bond acceptors (Lipinski definition) is 4. The molecule has 168 valence electrons. The fourth-order valence-electron chi connectivity index (χ4n) is 4.09. The molecule has 0 spiro atoms. The molecule has 0 N–H and O–H groups in total. The number of fused-ring (bicyclic) bond motifs is 1. The number of esters is 1. The third-order valence-electron chi connectivity index (χ3n) is 5.57. The van der Waals surface area contributed by atoms with Crippen molar-refractivity contribution in [3.8, 4) is 5.75 Å². The molecular formula is C28H32O4. The number of carbonyl (C=O) groups excluding carboxylic acids is 1. The van der Waals surface area contributed by atoms with Crippen LogP contribution in [-0.2, 0) is 20.7 Å². The van der Waals surface area contributed by atoms with E-state index in [-0.39, 0.29) is 18.7 Å². The molecule has 3 aromatic rings. The maximum absolute atomic E-state index is 12.8. The maximum Gasteiger partial charge on any atom is 0.338 e. The summed E-state index contributed by atoms with van der Waals surface area (Å²) in [5.74, 6) is 0.663. The van der Waals surface area contributed by atoms with Crippen molar-refractivity contribution in [2.24, 2.45) is 0 Å². The van der Waals surface area contributed by atoms with Gasteiger partial charge in [0.25, 0.3) is 0 Å². The Labute approximate surface area is 190 Å². The highest BCUT2D eigenvalue weighted by molar-refractivity contribution is 6.21. The second kappa shape index (κ2) is 10.5. The quantitative estimate of drug-likeness (QED) is 0.231. The van der Waals surface area contributed by atoms with Gasteiger partial charge in [0, 0.05) is 12.5 Å². The third kappa shape index (κ3) is 4.86. The molecule has 32 heavy (non-hydrogen) atoms. The first-order valence-electron chi connectivity index (χ1n) is 10.9.